The third-order valence-corrected chi connectivity index (χ3v) is 5.88. The summed E-state index contributed by atoms with van der Waals surface area (Å²) < 4.78 is 31.6. The summed E-state index contributed by atoms with van der Waals surface area (Å²) in [6.07, 6.45) is 1.98. The highest BCUT2D eigenvalue weighted by Gasteiger charge is 2.22. The molecule has 4 rings (SSSR count). The third-order valence-electron chi connectivity index (χ3n) is 5.88. The summed E-state index contributed by atoms with van der Waals surface area (Å²) in [5, 5.41) is 14.3. The molecule has 9 heteroatoms. The summed E-state index contributed by atoms with van der Waals surface area (Å²) in [5.74, 6) is -0.407. The van der Waals surface area contributed by atoms with Crippen molar-refractivity contribution in [1.29, 1.82) is 0 Å². The number of aliphatic carboxylic acids is 1. The van der Waals surface area contributed by atoms with Gasteiger partial charge in [0.05, 0.1) is 11.7 Å². The van der Waals surface area contributed by atoms with E-state index in [4.69, 9.17) is 14.2 Å². The molecule has 1 aromatic heterocycles. The number of carbonyl (C=O) groups excluding carboxylic acids is 1. The van der Waals surface area contributed by atoms with E-state index >= 15 is 0 Å². The zero-order valence-electron chi connectivity index (χ0n) is 21.2. The minimum atomic E-state index is -1.20. The number of benzene rings is 3. The average Bonchev–Trinajstić information content (AvgIpc) is 3.33. The van der Waals surface area contributed by atoms with Crippen LogP contribution < -0.4 is 9.47 Å². The Labute approximate surface area is 219 Å². The summed E-state index contributed by atoms with van der Waals surface area (Å²) in [5.41, 5.74) is 2.48. The number of halogens is 1. The van der Waals surface area contributed by atoms with Gasteiger partial charge >= 0.3 is 5.97 Å². The fourth-order valence-electron chi connectivity index (χ4n) is 4.12. The molecule has 4 aromatic rings. The van der Waals surface area contributed by atoms with Gasteiger partial charge in [0.2, 0.25) is 6.23 Å². The van der Waals surface area contributed by atoms with Crippen LogP contribution in [0.3, 0.4) is 0 Å². The van der Waals surface area contributed by atoms with Gasteiger partial charge in [-0.1, -0.05) is 13.3 Å². The zero-order chi connectivity index (χ0) is 27.1. The Kier molecular flexibility index (Phi) is 8.70. The van der Waals surface area contributed by atoms with Crippen LogP contribution in [0.5, 0.6) is 11.5 Å². The Hall–Kier alpha value is -4.24. The Morgan fingerprint density at radius 3 is 2.42 bits per heavy atom. The normalized spacial score (nSPS) is 11.9. The van der Waals surface area contributed by atoms with Crippen LogP contribution in [0.2, 0.25) is 0 Å². The predicted octanol–water partition coefficient (Wildman–Crippen LogP) is 5.44. The minimum Gasteiger partial charge on any atom is -0.490 e. The average molecular weight is 521 g/mol. The molecule has 1 heterocycles. The van der Waals surface area contributed by atoms with Gasteiger partial charge in [-0.3, -0.25) is 4.79 Å². The largest absolute Gasteiger partial charge is 0.490 e. The lowest BCUT2D eigenvalue weighted by atomic mass is 9.99. The summed E-state index contributed by atoms with van der Waals surface area (Å²) in [7, 11) is 0. The van der Waals surface area contributed by atoms with Crippen molar-refractivity contribution in [2.45, 2.75) is 32.9 Å². The van der Waals surface area contributed by atoms with Crippen molar-refractivity contribution >= 4 is 22.7 Å². The van der Waals surface area contributed by atoms with Crippen molar-refractivity contribution in [2.75, 3.05) is 19.8 Å². The van der Waals surface area contributed by atoms with E-state index in [1.54, 1.807) is 43.5 Å². The number of hydrogen-bond donors (Lipinski definition) is 1. The van der Waals surface area contributed by atoms with Gasteiger partial charge in [-0.15, -0.1) is 0 Å². The molecule has 0 aliphatic rings. The van der Waals surface area contributed by atoms with Gasteiger partial charge in [-0.2, -0.15) is 5.10 Å². The van der Waals surface area contributed by atoms with E-state index in [1.165, 1.54) is 28.9 Å². The second-order valence-corrected chi connectivity index (χ2v) is 8.56. The third kappa shape index (κ3) is 6.18. The molecule has 0 saturated carbocycles. The number of nitrogens with zero attached hydrogens (tertiary/aromatic N) is 2. The van der Waals surface area contributed by atoms with Crippen LogP contribution in [0.25, 0.3) is 10.9 Å². The molecular weight excluding hydrogens is 491 g/mol. The number of aromatic nitrogens is 2. The first-order valence-electron chi connectivity index (χ1n) is 12.4. The van der Waals surface area contributed by atoms with Crippen LogP contribution in [0, 0.1) is 5.82 Å². The van der Waals surface area contributed by atoms with Crippen LogP contribution in [-0.4, -0.2) is 46.5 Å². The van der Waals surface area contributed by atoms with E-state index < -0.39 is 12.2 Å². The highest BCUT2D eigenvalue weighted by molar-refractivity contribution is 6.09. The maximum absolute atomic E-state index is 13.2. The van der Waals surface area contributed by atoms with Crippen molar-refractivity contribution in [3.05, 3.63) is 89.4 Å². The van der Waals surface area contributed by atoms with Crippen LogP contribution in [0.15, 0.2) is 66.9 Å². The molecule has 198 valence electrons. The predicted molar refractivity (Wildman–Crippen MR) is 139 cm³/mol. The summed E-state index contributed by atoms with van der Waals surface area (Å²) >= 11 is 0. The fourth-order valence-corrected chi connectivity index (χ4v) is 4.12. The number of fused-ring (bicyclic) bond motifs is 1. The standard InChI is InChI=1S/C29H29FN2O6/c1-3-5-20-16-21(27(33)19-6-9-23(30)10-7-19)8-13-26(20)38-15-14-37-24-11-12-25-22(17-24)18-31-32(25)28(29(34)35)36-4-2/h6-13,16-18,28H,3-5,14-15H2,1-2H3,(H,34,35). The Morgan fingerprint density at radius 1 is 0.974 bits per heavy atom. The molecule has 1 unspecified atom stereocenters. The monoisotopic (exact) mass is 520 g/mol. The van der Waals surface area contributed by atoms with Crippen molar-refractivity contribution in [3.63, 3.8) is 0 Å². The number of ether oxygens (including phenoxy) is 3. The minimum absolute atomic E-state index is 0.174. The van der Waals surface area contributed by atoms with E-state index in [-0.39, 0.29) is 31.4 Å². The zero-order valence-corrected chi connectivity index (χ0v) is 21.2. The lowest BCUT2D eigenvalue weighted by Crippen LogP contribution is -2.23. The van der Waals surface area contributed by atoms with Gasteiger partial charge < -0.3 is 19.3 Å². The first kappa shape index (κ1) is 26.8. The fraction of sp³-hybridized carbons (Fsp3) is 0.276. The van der Waals surface area contributed by atoms with E-state index in [0.29, 0.717) is 28.1 Å². The van der Waals surface area contributed by atoms with Crippen molar-refractivity contribution in [2.24, 2.45) is 0 Å². The summed E-state index contributed by atoms with van der Waals surface area (Å²) in [4.78, 5) is 24.3. The van der Waals surface area contributed by atoms with Gasteiger partial charge in [0, 0.05) is 23.1 Å². The molecule has 38 heavy (non-hydrogen) atoms. The van der Waals surface area contributed by atoms with Crippen LogP contribution >= 0.6 is 0 Å². The number of hydrogen-bond acceptors (Lipinski definition) is 6. The van der Waals surface area contributed by atoms with Crippen molar-refractivity contribution in [1.82, 2.24) is 9.78 Å². The molecule has 0 aliphatic heterocycles. The molecule has 8 nitrogen and oxygen atoms in total. The second-order valence-electron chi connectivity index (χ2n) is 8.56. The first-order valence-corrected chi connectivity index (χ1v) is 12.4. The lowest BCUT2D eigenvalue weighted by Gasteiger charge is -2.14. The highest BCUT2D eigenvalue weighted by atomic mass is 19.1. The molecule has 0 aliphatic carbocycles. The smallest absolute Gasteiger partial charge is 0.356 e. The van der Waals surface area contributed by atoms with Gasteiger partial charge in [-0.25, -0.2) is 13.9 Å². The number of carboxylic acids is 1. The molecule has 3 aromatic carbocycles. The van der Waals surface area contributed by atoms with Gasteiger partial charge in [0.15, 0.2) is 5.78 Å². The van der Waals surface area contributed by atoms with Gasteiger partial charge in [-0.05, 0) is 79.6 Å². The SMILES string of the molecule is CCCc1cc(C(=O)c2ccc(F)cc2)ccc1OCCOc1ccc2c(cnn2C(OCC)C(=O)O)c1. The number of rotatable bonds is 13. The maximum atomic E-state index is 13.2. The number of carbonyl (C=O) groups is 2. The molecular formula is C29H29FN2O6. The highest BCUT2D eigenvalue weighted by Crippen LogP contribution is 2.25. The summed E-state index contributed by atoms with van der Waals surface area (Å²) in [6, 6.07) is 16.1. The van der Waals surface area contributed by atoms with Gasteiger partial charge in [0.1, 0.15) is 30.5 Å². The van der Waals surface area contributed by atoms with Gasteiger partial charge in [0.25, 0.3) is 0 Å². The van der Waals surface area contributed by atoms with Crippen molar-refractivity contribution in [3.8, 4) is 11.5 Å². The second kappa shape index (κ2) is 12.3. The topological polar surface area (TPSA) is 99.9 Å². The van der Waals surface area contributed by atoms with E-state index in [1.807, 2.05) is 13.0 Å². The lowest BCUT2D eigenvalue weighted by molar-refractivity contribution is -0.157. The number of carboxylic acid groups (broad SMARTS) is 1. The molecule has 0 fully saturated rings. The first-order chi connectivity index (χ1) is 18.4. The van der Waals surface area contributed by atoms with Crippen LogP contribution in [0.4, 0.5) is 4.39 Å². The number of aryl methyl sites for hydroxylation is 1. The van der Waals surface area contributed by atoms with Crippen LogP contribution in [-0.2, 0) is 16.0 Å². The van der Waals surface area contributed by atoms with E-state index in [0.717, 1.165) is 23.8 Å². The van der Waals surface area contributed by atoms with Crippen LogP contribution in [0.1, 0.15) is 48.0 Å². The quantitative estimate of drug-likeness (QED) is 0.185. The number of ketones is 1. The Morgan fingerprint density at radius 2 is 1.71 bits per heavy atom. The summed E-state index contributed by atoms with van der Waals surface area (Å²) in [6.45, 7) is 4.57. The molecule has 0 saturated heterocycles. The maximum Gasteiger partial charge on any atom is 0.356 e. The molecule has 0 spiro atoms. The van der Waals surface area contributed by atoms with E-state index in [2.05, 4.69) is 5.10 Å². The molecule has 1 N–H and O–H groups in total. The molecule has 0 bridgehead atoms. The molecule has 0 amide bonds. The molecule has 0 radical (unpaired) electrons. The molecule has 1 atom stereocenters. The van der Waals surface area contributed by atoms with Crippen molar-refractivity contribution < 1.29 is 33.3 Å². The Bertz CT molecular complexity index is 1420. The Balaban J connectivity index is 1.38. The van der Waals surface area contributed by atoms with E-state index in [9.17, 15) is 19.1 Å².